The van der Waals surface area contributed by atoms with Crippen molar-refractivity contribution in [1.82, 2.24) is 4.90 Å². The molecule has 0 aliphatic rings. The summed E-state index contributed by atoms with van der Waals surface area (Å²) in [6.07, 6.45) is 0. The zero-order chi connectivity index (χ0) is 15.6. The Morgan fingerprint density at radius 2 is 2.00 bits per heavy atom. The maximum Gasteiger partial charge on any atom is 0.271 e. The first kappa shape index (κ1) is 16.8. The van der Waals surface area contributed by atoms with E-state index in [1.165, 1.54) is 6.07 Å². The third-order valence-corrected chi connectivity index (χ3v) is 6.95. The zero-order valence-corrected chi connectivity index (χ0v) is 15.4. The molecule has 4 nitrogen and oxygen atoms in total. The molecule has 0 atom stereocenters. The molecule has 114 valence electrons. The van der Waals surface area contributed by atoms with Gasteiger partial charge in [-0.15, -0.1) is 11.3 Å². The Morgan fingerprint density at radius 1 is 1.33 bits per heavy atom. The molecule has 0 bridgehead atoms. The van der Waals surface area contributed by atoms with Gasteiger partial charge in [-0.1, -0.05) is 29.8 Å². The van der Waals surface area contributed by atoms with Gasteiger partial charge in [0.25, 0.3) is 10.0 Å². The molecule has 1 aromatic heterocycles. The molecule has 1 aromatic carbocycles. The van der Waals surface area contributed by atoms with Crippen molar-refractivity contribution in [3.05, 3.63) is 44.7 Å². The van der Waals surface area contributed by atoms with E-state index >= 15 is 0 Å². The zero-order valence-electron chi connectivity index (χ0n) is 11.4. The molecule has 0 saturated heterocycles. The smallest absolute Gasteiger partial charge is 0.271 e. The summed E-state index contributed by atoms with van der Waals surface area (Å²) in [5.41, 5.74) is 1.49. The fourth-order valence-electron chi connectivity index (χ4n) is 1.75. The number of halogens is 2. The summed E-state index contributed by atoms with van der Waals surface area (Å²) < 4.78 is 28.2. The Labute approximate surface area is 141 Å². The molecule has 0 spiro atoms. The SMILES string of the molecule is CN(C)Cc1ccccc1NS(=O)(=O)c1cc(Cl)c(Br)s1. The Morgan fingerprint density at radius 3 is 2.57 bits per heavy atom. The van der Waals surface area contributed by atoms with Gasteiger partial charge in [-0.05, 0) is 47.7 Å². The molecule has 0 amide bonds. The Kier molecular flexibility index (Phi) is 5.32. The summed E-state index contributed by atoms with van der Waals surface area (Å²) in [5, 5.41) is 0.391. The Hall–Kier alpha value is -0.600. The number of nitrogens with one attached hydrogen (secondary N) is 1. The first-order valence-corrected chi connectivity index (χ1v) is 9.47. The van der Waals surface area contributed by atoms with Crippen LogP contribution < -0.4 is 4.72 Å². The van der Waals surface area contributed by atoms with E-state index < -0.39 is 10.0 Å². The van der Waals surface area contributed by atoms with Gasteiger partial charge in [-0.2, -0.15) is 0 Å². The van der Waals surface area contributed by atoms with Crippen LogP contribution in [0.25, 0.3) is 0 Å². The van der Waals surface area contributed by atoms with E-state index in [-0.39, 0.29) is 4.21 Å². The minimum absolute atomic E-state index is 0.180. The summed E-state index contributed by atoms with van der Waals surface area (Å²) in [4.78, 5) is 1.98. The van der Waals surface area contributed by atoms with Crippen molar-refractivity contribution in [2.45, 2.75) is 10.8 Å². The van der Waals surface area contributed by atoms with Gasteiger partial charge in [0.15, 0.2) is 0 Å². The van der Waals surface area contributed by atoms with E-state index in [1.54, 1.807) is 12.1 Å². The maximum absolute atomic E-state index is 12.4. The lowest BCUT2D eigenvalue weighted by Crippen LogP contribution is -2.16. The number of rotatable bonds is 5. The molecule has 21 heavy (non-hydrogen) atoms. The van der Waals surface area contributed by atoms with Crippen molar-refractivity contribution >= 4 is 54.6 Å². The van der Waals surface area contributed by atoms with Crippen LogP contribution in [0.3, 0.4) is 0 Å². The standard InChI is InChI=1S/C13H14BrClN2O2S2/c1-17(2)8-9-5-3-4-6-11(9)16-21(18,19)12-7-10(15)13(14)20-12/h3-7,16H,8H2,1-2H3. The Bertz CT molecular complexity index is 725. The quantitative estimate of drug-likeness (QED) is 0.811. The predicted octanol–water partition coefficient (Wildman–Crippen LogP) is 4.03. The molecule has 0 aliphatic heterocycles. The van der Waals surface area contributed by atoms with Gasteiger partial charge in [-0.25, -0.2) is 8.42 Å². The van der Waals surface area contributed by atoms with Gasteiger partial charge in [0.1, 0.15) is 4.21 Å². The number of thiophene rings is 1. The Balaban J connectivity index is 2.33. The predicted molar refractivity (Wildman–Crippen MR) is 91.7 cm³/mol. The lowest BCUT2D eigenvalue weighted by Gasteiger charge is -2.15. The summed E-state index contributed by atoms with van der Waals surface area (Å²) in [6.45, 7) is 0.646. The van der Waals surface area contributed by atoms with E-state index in [9.17, 15) is 8.42 Å². The lowest BCUT2D eigenvalue weighted by molar-refractivity contribution is 0.403. The van der Waals surface area contributed by atoms with Gasteiger partial charge in [0, 0.05) is 6.54 Å². The summed E-state index contributed by atoms with van der Waals surface area (Å²) >= 11 is 10.2. The molecule has 0 radical (unpaired) electrons. The van der Waals surface area contributed by atoms with E-state index in [1.807, 2.05) is 31.1 Å². The molecule has 1 N–H and O–H groups in total. The minimum Gasteiger partial charge on any atom is -0.305 e. The molecule has 0 aliphatic carbocycles. The summed E-state index contributed by atoms with van der Waals surface area (Å²) in [6, 6.07) is 8.77. The highest BCUT2D eigenvalue weighted by atomic mass is 79.9. The van der Waals surface area contributed by atoms with E-state index in [0.29, 0.717) is 21.0 Å². The second kappa shape index (κ2) is 6.66. The second-order valence-corrected chi connectivity index (χ2v) is 9.37. The van der Waals surface area contributed by atoms with Gasteiger partial charge >= 0.3 is 0 Å². The molecule has 2 aromatic rings. The minimum atomic E-state index is -3.64. The van der Waals surface area contributed by atoms with Crippen LogP contribution in [-0.2, 0) is 16.6 Å². The highest BCUT2D eigenvalue weighted by Gasteiger charge is 2.20. The topological polar surface area (TPSA) is 49.4 Å². The van der Waals surface area contributed by atoms with E-state index in [2.05, 4.69) is 20.7 Å². The molecular weight excluding hydrogens is 396 g/mol. The van der Waals surface area contributed by atoms with Crippen LogP contribution in [0.15, 0.2) is 38.3 Å². The van der Waals surface area contributed by atoms with Gasteiger partial charge in [0.2, 0.25) is 0 Å². The van der Waals surface area contributed by atoms with Crippen molar-refractivity contribution < 1.29 is 8.42 Å². The van der Waals surface area contributed by atoms with Crippen LogP contribution >= 0.6 is 38.9 Å². The van der Waals surface area contributed by atoms with Crippen LogP contribution in [0.5, 0.6) is 0 Å². The normalized spacial score (nSPS) is 11.9. The molecular formula is C13H14BrClN2O2S2. The fourth-order valence-corrected chi connectivity index (χ4v) is 5.25. The number of hydrogen-bond acceptors (Lipinski definition) is 4. The van der Waals surface area contributed by atoms with E-state index in [0.717, 1.165) is 16.9 Å². The van der Waals surface area contributed by atoms with Crippen molar-refractivity contribution in [1.29, 1.82) is 0 Å². The summed E-state index contributed by atoms with van der Waals surface area (Å²) in [5.74, 6) is 0. The van der Waals surface area contributed by atoms with Crippen LogP contribution in [0.1, 0.15) is 5.56 Å². The fraction of sp³-hybridized carbons (Fsp3) is 0.231. The van der Waals surface area contributed by atoms with Crippen LogP contribution in [0.4, 0.5) is 5.69 Å². The molecule has 8 heteroatoms. The van der Waals surface area contributed by atoms with Crippen molar-refractivity contribution in [3.63, 3.8) is 0 Å². The third-order valence-electron chi connectivity index (χ3n) is 2.64. The average Bonchev–Trinajstić information content (AvgIpc) is 2.72. The molecule has 0 fully saturated rings. The maximum atomic E-state index is 12.4. The van der Waals surface area contributed by atoms with Crippen LogP contribution in [-0.4, -0.2) is 27.4 Å². The largest absolute Gasteiger partial charge is 0.305 e. The first-order chi connectivity index (χ1) is 9.79. The van der Waals surface area contributed by atoms with Gasteiger partial charge < -0.3 is 4.90 Å². The number of benzene rings is 1. The second-order valence-electron chi connectivity index (χ2n) is 4.69. The van der Waals surface area contributed by atoms with Crippen LogP contribution in [0, 0.1) is 0 Å². The van der Waals surface area contributed by atoms with Crippen molar-refractivity contribution in [2.24, 2.45) is 0 Å². The van der Waals surface area contributed by atoms with Gasteiger partial charge in [-0.3, -0.25) is 4.72 Å². The number of anilines is 1. The molecule has 0 unspecified atom stereocenters. The van der Waals surface area contributed by atoms with Crippen LogP contribution in [0.2, 0.25) is 5.02 Å². The highest BCUT2D eigenvalue weighted by Crippen LogP contribution is 2.35. The summed E-state index contributed by atoms with van der Waals surface area (Å²) in [7, 11) is 0.226. The van der Waals surface area contributed by atoms with Crippen molar-refractivity contribution in [2.75, 3.05) is 18.8 Å². The monoisotopic (exact) mass is 408 g/mol. The van der Waals surface area contributed by atoms with Gasteiger partial charge in [0.05, 0.1) is 14.5 Å². The third kappa shape index (κ3) is 4.20. The number of sulfonamides is 1. The lowest BCUT2D eigenvalue weighted by atomic mass is 10.2. The highest BCUT2D eigenvalue weighted by molar-refractivity contribution is 9.11. The number of nitrogens with zero attached hydrogens (tertiary/aromatic N) is 1. The van der Waals surface area contributed by atoms with E-state index in [4.69, 9.17) is 11.6 Å². The molecule has 1 heterocycles. The number of para-hydroxylation sites is 1. The first-order valence-electron chi connectivity index (χ1n) is 6.00. The van der Waals surface area contributed by atoms with Crippen molar-refractivity contribution in [3.8, 4) is 0 Å². The molecule has 0 saturated carbocycles. The number of hydrogen-bond donors (Lipinski definition) is 1. The average molecular weight is 410 g/mol. The molecule has 2 rings (SSSR count).